The van der Waals surface area contributed by atoms with E-state index in [9.17, 15) is 0 Å². The number of nitrogens with zero attached hydrogens (tertiary/aromatic N) is 3. The van der Waals surface area contributed by atoms with Gasteiger partial charge in [0.1, 0.15) is 0 Å². The van der Waals surface area contributed by atoms with Crippen LogP contribution in [0.15, 0.2) is 35.3 Å². The third-order valence-corrected chi connectivity index (χ3v) is 5.18. The average molecular weight is 284 g/mol. The zero-order valence-corrected chi connectivity index (χ0v) is 12.5. The number of aliphatic imine (C=N–C) groups is 1. The van der Waals surface area contributed by atoms with E-state index < -0.39 is 0 Å². The van der Waals surface area contributed by atoms with Crippen LogP contribution in [-0.2, 0) is 6.54 Å². The molecule has 0 amide bonds. The summed E-state index contributed by atoms with van der Waals surface area (Å²) in [5, 5.41) is 0. The number of rotatable bonds is 4. The maximum absolute atomic E-state index is 6.16. The monoisotopic (exact) mass is 284 g/mol. The van der Waals surface area contributed by atoms with Crippen LogP contribution in [0.1, 0.15) is 24.8 Å². The predicted molar refractivity (Wildman–Crippen MR) is 85.0 cm³/mol. The van der Waals surface area contributed by atoms with Crippen LogP contribution in [0.25, 0.3) is 0 Å². The summed E-state index contributed by atoms with van der Waals surface area (Å²) in [4.78, 5) is 9.55. The van der Waals surface area contributed by atoms with Crippen LogP contribution in [0.4, 0.5) is 0 Å². The fraction of sp³-hybridized carbons (Fsp3) is 0.588. The molecule has 112 valence electrons. The standard InChI is InChI=1S/C17H24N4/c18-16-19-12-17(21(16)11-15-6-7-15)8-9-20(13-17)10-14-4-2-1-3-5-14/h1-5,15H,6-13H2,(H2,18,19). The van der Waals surface area contributed by atoms with Crippen LogP contribution in [0, 0.1) is 5.92 Å². The van der Waals surface area contributed by atoms with Crippen molar-refractivity contribution in [1.82, 2.24) is 9.80 Å². The highest BCUT2D eigenvalue weighted by atomic mass is 15.4. The molecule has 2 fully saturated rings. The van der Waals surface area contributed by atoms with E-state index in [1.54, 1.807) is 0 Å². The Morgan fingerprint density at radius 2 is 2.05 bits per heavy atom. The highest BCUT2D eigenvalue weighted by Crippen LogP contribution is 2.37. The molecule has 2 aliphatic heterocycles. The normalized spacial score (nSPS) is 29.3. The van der Waals surface area contributed by atoms with E-state index >= 15 is 0 Å². The molecule has 0 aromatic heterocycles. The second-order valence-electron chi connectivity index (χ2n) is 6.90. The lowest BCUT2D eigenvalue weighted by atomic mass is 9.97. The van der Waals surface area contributed by atoms with Crippen molar-refractivity contribution < 1.29 is 0 Å². The number of hydrogen-bond donors (Lipinski definition) is 1. The molecule has 21 heavy (non-hydrogen) atoms. The molecule has 2 N–H and O–H groups in total. The summed E-state index contributed by atoms with van der Waals surface area (Å²) in [6.45, 7) is 5.29. The zero-order chi connectivity index (χ0) is 14.3. The van der Waals surface area contributed by atoms with E-state index in [2.05, 4.69) is 45.1 Å². The molecule has 1 aromatic rings. The summed E-state index contributed by atoms with van der Waals surface area (Å²) in [6, 6.07) is 10.8. The molecule has 4 rings (SSSR count). The fourth-order valence-electron chi connectivity index (χ4n) is 3.75. The maximum atomic E-state index is 6.16. The first-order valence-electron chi connectivity index (χ1n) is 8.09. The Kier molecular flexibility index (Phi) is 3.14. The van der Waals surface area contributed by atoms with E-state index in [0.29, 0.717) is 0 Å². The molecule has 1 atom stereocenters. The van der Waals surface area contributed by atoms with Crippen LogP contribution in [0.5, 0.6) is 0 Å². The second kappa shape index (κ2) is 5.02. The SMILES string of the molecule is NC1=NCC2(CCN(Cc3ccccc3)C2)N1CC1CC1. The van der Waals surface area contributed by atoms with Crippen LogP contribution >= 0.6 is 0 Å². The van der Waals surface area contributed by atoms with Crippen molar-refractivity contribution in [2.75, 3.05) is 26.2 Å². The highest BCUT2D eigenvalue weighted by Gasteiger charge is 2.48. The number of benzene rings is 1. The molecule has 1 unspecified atom stereocenters. The van der Waals surface area contributed by atoms with E-state index in [0.717, 1.165) is 44.6 Å². The van der Waals surface area contributed by atoms with Gasteiger partial charge in [-0.3, -0.25) is 9.89 Å². The van der Waals surface area contributed by atoms with Crippen LogP contribution in [-0.4, -0.2) is 47.5 Å². The predicted octanol–water partition coefficient (Wildman–Crippen LogP) is 1.67. The molecule has 1 aliphatic carbocycles. The molecule has 3 aliphatic rings. The molecule has 0 bridgehead atoms. The third-order valence-electron chi connectivity index (χ3n) is 5.18. The van der Waals surface area contributed by atoms with Crippen molar-refractivity contribution in [1.29, 1.82) is 0 Å². The van der Waals surface area contributed by atoms with Crippen molar-refractivity contribution in [2.45, 2.75) is 31.3 Å². The summed E-state index contributed by atoms with van der Waals surface area (Å²) in [5.74, 6) is 1.64. The summed E-state index contributed by atoms with van der Waals surface area (Å²) in [6.07, 6.45) is 3.93. The Bertz CT molecular complexity index is 537. The summed E-state index contributed by atoms with van der Waals surface area (Å²) < 4.78 is 0. The molecule has 1 saturated heterocycles. The van der Waals surface area contributed by atoms with E-state index in [1.807, 2.05) is 0 Å². The Hall–Kier alpha value is -1.55. The summed E-state index contributed by atoms with van der Waals surface area (Å²) in [7, 11) is 0. The fourth-order valence-corrected chi connectivity index (χ4v) is 3.75. The molecular weight excluding hydrogens is 260 g/mol. The second-order valence-corrected chi connectivity index (χ2v) is 6.90. The van der Waals surface area contributed by atoms with Crippen molar-refractivity contribution in [2.24, 2.45) is 16.6 Å². The van der Waals surface area contributed by atoms with Gasteiger partial charge in [-0.15, -0.1) is 0 Å². The topological polar surface area (TPSA) is 44.9 Å². The lowest BCUT2D eigenvalue weighted by Gasteiger charge is -2.36. The van der Waals surface area contributed by atoms with E-state index in [1.165, 1.54) is 24.8 Å². The maximum Gasteiger partial charge on any atom is 0.191 e. The van der Waals surface area contributed by atoms with Crippen molar-refractivity contribution in [3.8, 4) is 0 Å². The van der Waals surface area contributed by atoms with Gasteiger partial charge in [-0.25, -0.2) is 0 Å². The third kappa shape index (κ3) is 2.53. The molecule has 1 saturated carbocycles. The Labute approximate surface area is 126 Å². The van der Waals surface area contributed by atoms with E-state index in [4.69, 9.17) is 5.73 Å². The quantitative estimate of drug-likeness (QED) is 0.915. The van der Waals surface area contributed by atoms with Gasteiger partial charge in [0.25, 0.3) is 0 Å². The van der Waals surface area contributed by atoms with Gasteiger partial charge in [0.15, 0.2) is 5.96 Å². The van der Waals surface area contributed by atoms with Crippen LogP contribution in [0.2, 0.25) is 0 Å². The minimum atomic E-state index is 0.182. The number of nitrogens with two attached hydrogens (primary N) is 1. The highest BCUT2D eigenvalue weighted by molar-refractivity contribution is 5.81. The van der Waals surface area contributed by atoms with Crippen LogP contribution in [0.3, 0.4) is 0 Å². The minimum Gasteiger partial charge on any atom is -0.370 e. The van der Waals surface area contributed by atoms with Gasteiger partial charge >= 0.3 is 0 Å². The van der Waals surface area contributed by atoms with Gasteiger partial charge in [0.2, 0.25) is 0 Å². The lowest BCUT2D eigenvalue weighted by Crippen LogP contribution is -2.53. The largest absolute Gasteiger partial charge is 0.370 e. The summed E-state index contributed by atoms with van der Waals surface area (Å²) >= 11 is 0. The Morgan fingerprint density at radius 3 is 2.81 bits per heavy atom. The smallest absolute Gasteiger partial charge is 0.191 e. The molecule has 1 aromatic carbocycles. The van der Waals surface area contributed by atoms with Crippen molar-refractivity contribution in [3.05, 3.63) is 35.9 Å². The van der Waals surface area contributed by atoms with Gasteiger partial charge in [-0.05, 0) is 30.7 Å². The Morgan fingerprint density at radius 1 is 1.24 bits per heavy atom. The molecular formula is C17H24N4. The first kappa shape index (κ1) is 13.1. The molecule has 2 heterocycles. The summed E-state index contributed by atoms with van der Waals surface area (Å²) in [5.41, 5.74) is 7.75. The van der Waals surface area contributed by atoms with Crippen molar-refractivity contribution >= 4 is 5.96 Å². The average Bonchev–Trinajstić information content (AvgIpc) is 3.17. The first-order chi connectivity index (χ1) is 10.3. The molecule has 4 nitrogen and oxygen atoms in total. The van der Waals surface area contributed by atoms with Gasteiger partial charge in [0, 0.05) is 26.2 Å². The lowest BCUT2D eigenvalue weighted by molar-refractivity contribution is 0.187. The number of likely N-dealkylation sites (tertiary alicyclic amines) is 1. The number of guanidine groups is 1. The van der Waals surface area contributed by atoms with Gasteiger partial charge < -0.3 is 10.6 Å². The van der Waals surface area contributed by atoms with Crippen molar-refractivity contribution in [3.63, 3.8) is 0 Å². The molecule has 0 radical (unpaired) electrons. The molecule has 4 heteroatoms. The van der Waals surface area contributed by atoms with Gasteiger partial charge in [-0.1, -0.05) is 30.3 Å². The number of hydrogen-bond acceptors (Lipinski definition) is 4. The van der Waals surface area contributed by atoms with E-state index in [-0.39, 0.29) is 5.54 Å². The van der Waals surface area contributed by atoms with Gasteiger partial charge in [-0.2, -0.15) is 0 Å². The molecule has 1 spiro atoms. The Balaban J connectivity index is 1.44. The zero-order valence-electron chi connectivity index (χ0n) is 12.5. The van der Waals surface area contributed by atoms with Crippen LogP contribution < -0.4 is 5.73 Å². The first-order valence-corrected chi connectivity index (χ1v) is 8.09. The minimum absolute atomic E-state index is 0.182. The van der Waals surface area contributed by atoms with Gasteiger partial charge in [0.05, 0.1) is 12.1 Å².